The summed E-state index contributed by atoms with van der Waals surface area (Å²) in [5.74, 6) is 0.316. The van der Waals surface area contributed by atoms with Gasteiger partial charge in [-0.15, -0.1) is 0 Å². The molecule has 0 unspecified atom stereocenters. The first-order chi connectivity index (χ1) is 28.0. The molecule has 0 radical (unpaired) electrons. The Morgan fingerprint density at radius 3 is 2.39 bits per heavy atom. The molecule has 0 bridgehead atoms. The molecule has 59 heavy (non-hydrogen) atoms. The topological polar surface area (TPSA) is 138 Å². The summed E-state index contributed by atoms with van der Waals surface area (Å²) in [6.45, 7) is 10.7. The molecule has 1 fully saturated rings. The summed E-state index contributed by atoms with van der Waals surface area (Å²) in [7, 11) is -7.43. The number of benzene rings is 4. The zero-order valence-electron chi connectivity index (χ0n) is 33.9. The molecular weight excluding hydrogens is 808 g/mol. The number of H-pyrrole nitrogens is 1. The number of fused-ring (bicyclic) bond motifs is 1. The van der Waals surface area contributed by atoms with Crippen molar-refractivity contribution in [1.29, 1.82) is 0 Å². The molecule has 11 nitrogen and oxygen atoms in total. The van der Waals surface area contributed by atoms with Crippen LogP contribution in [0.4, 0.5) is 5.69 Å². The highest BCUT2D eigenvalue weighted by Crippen LogP contribution is 2.43. The van der Waals surface area contributed by atoms with E-state index in [2.05, 4.69) is 45.5 Å². The molecular formula is C45H51ClN4O7S2. The van der Waals surface area contributed by atoms with Gasteiger partial charge >= 0.3 is 0 Å². The van der Waals surface area contributed by atoms with Gasteiger partial charge in [0.15, 0.2) is 0 Å². The Hall–Kier alpha value is -4.82. The van der Waals surface area contributed by atoms with Crippen molar-refractivity contribution in [3.8, 4) is 17.2 Å². The fourth-order valence-corrected chi connectivity index (χ4v) is 9.65. The van der Waals surface area contributed by atoms with Gasteiger partial charge in [0.2, 0.25) is 0 Å². The Morgan fingerprint density at radius 2 is 1.66 bits per heavy atom. The summed E-state index contributed by atoms with van der Waals surface area (Å²) in [4.78, 5) is 21.7. The van der Waals surface area contributed by atoms with Gasteiger partial charge in [-0.1, -0.05) is 49.2 Å². The number of hydrogen-bond donors (Lipinski definition) is 2. The number of hydrogen-bond acceptors (Lipinski definition) is 9. The number of allylic oxidation sites excluding steroid dienone is 1. The van der Waals surface area contributed by atoms with E-state index in [9.17, 15) is 21.6 Å². The first-order valence-corrected chi connectivity index (χ1v) is 23.8. The van der Waals surface area contributed by atoms with Crippen LogP contribution in [0.15, 0.2) is 102 Å². The molecule has 1 saturated heterocycles. The van der Waals surface area contributed by atoms with Crippen molar-refractivity contribution in [1.82, 2.24) is 14.6 Å². The number of amides is 1. The molecule has 1 amide bonds. The largest absolute Gasteiger partial charge is 0.493 e. The summed E-state index contributed by atoms with van der Waals surface area (Å²) in [6, 6.07) is 25.2. The Kier molecular flexibility index (Phi) is 12.5. The van der Waals surface area contributed by atoms with Crippen LogP contribution in [0.1, 0.15) is 61.0 Å². The number of carbonyl (C=O) groups is 1. The Labute approximate surface area is 352 Å². The van der Waals surface area contributed by atoms with Gasteiger partial charge in [0, 0.05) is 72.9 Å². The molecule has 4 aromatic carbocycles. The van der Waals surface area contributed by atoms with Gasteiger partial charge in [0.1, 0.15) is 27.1 Å². The third-order valence-corrected chi connectivity index (χ3v) is 13.7. The number of anilines is 1. The van der Waals surface area contributed by atoms with E-state index in [4.69, 9.17) is 21.1 Å². The van der Waals surface area contributed by atoms with Crippen molar-refractivity contribution >= 4 is 59.5 Å². The molecule has 0 saturated carbocycles. The van der Waals surface area contributed by atoms with E-state index in [1.807, 2.05) is 54.7 Å². The third-order valence-electron chi connectivity index (χ3n) is 11.1. The number of rotatable bonds is 14. The van der Waals surface area contributed by atoms with Crippen LogP contribution in [0.5, 0.6) is 17.2 Å². The number of halogens is 1. The van der Waals surface area contributed by atoms with Gasteiger partial charge in [0.25, 0.3) is 15.9 Å². The predicted molar refractivity (Wildman–Crippen MR) is 235 cm³/mol. The smallest absolute Gasteiger partial charge is 0.268 e. The minimum Gasteiger partial charge on any atom is -0.493 e. The first-order valence-electron chi connectivity index (χ1n) is 19.8. The number of carbonyl (C=O) groups excluding carboxylic acids is 1. The summed E-state index contributed by atoms with van der Waals surface area (Å²) in [6.07, 6.45) is 6.52. The summed E-state index contributed by atoms with van der Waals surface area (Å²) < 4.78 is 64.5. The van der Waals surface area contributed by atoms with Gasteiger partial charge < -0.3 is 19.4 Å². The monoisotopic (exact) mass is 858 g/mol. The second kappa shape index (κ2) is 17.4. The second-order valence-electron chi connectivity index (χ2n) is 16.4. The summed E-state index contributed by atoms with van der Waals surface area (Å²) >= 11 is 6.24. The Bertz CT molecular complexity index is 2600. The van der Waals surface area contributed by atoms with E-state index in [-0.39, 0.29) is 34.0 Å². The van der Waals surface area contributed by atoms with Gasteiger partial charge in [-0.2, -0.15) is 0 Å². The second-order valence-corrected chi connectivity index (χ2v) is 20.7. The van der Waals surface area contributed by atoms with Crippen molar-refractivity contribution in [3.05, 3.63) is 118 Å². The Morgan fingerprint density at radius 1 is 0.898 bits per heavy atom. The summed E-state index contributed by atoms with van der Waals surface area (Å²) in [5, 5.41) is 1.56. The maximum absolute atomic E-state index is 13.9. The van der Waals surface area contributed by atoms with Crippen LogP contribution in [-0.2, 0) is 19.9 Å². The fourth-order valence-electron chi connectivity index (χ4n) is 7.83. The third kappa shape index (κ3) is 10.5. The van der Waals surface area contributed by atoms with Gasteiger partial charge in [-0.25, -0.2) is 21.6 Å². The molecule has 7 rings (SSSR count). The molecule has 14 heteroatoms. The molecule has 0 atom stereocenters. The molecule has 2 aliphatic rings. The summed E-state index contributed by atoms with van der Waals surface area (Å²) in [5.41, 5.74) is 6.70. The van der Waals surface area contributed by atoms with Gasteiger partial charge in [-0.05, 0) is 115 Å². The average molecular weight is 860 g/mol. The van der Waals surface area contributed by atoms with Gasteiger partial charge in [0.05, 0.1) is 22.8 Å². The van der Waals surface area contributed by atoms with Crippen molar-refractivity contribution < 1.29 is 31.1 Å². The van der Waals surface area contributed by atoms with Crippen molar-refractivity contribution in [2.45, 2.75) is 51.3 Å². The fraction of sp³-hybridized carbons (Fsp3) is 0.356. The SMILES string of the molecule is Cc1cc(S(=O)(=O)NC(=O)c2ccc(N3CCN(CC4=C(c5ccc(Cl)cc5)CC(C)(C)CC4)CC3)cc2Oc2cccc3[nH]ccc23)ccc1OCCCS(C)(=O)=O. The first kappa shape index (κ1) is 42.3. The lowest BCUT2D eigenvalue weighted by Gasteiger charge is -2.39. The van der Waals surface area contributed by atoms with Crippen LogP contribution < -0.4 is 19.1 Å². The van der Waals surface area contributed by atoms with Crippen molar-refractivity contribution in [2.75, 3.05) is 56.2 Å². The van der Waals surface area contributed by atoms with Crippen molar-refractivity contribution in [2.24, 2.45) is 5.41 Å². The Balaban J connectivity index is 1.08. The minimum atomic E-state index is -4.31. The molecule has 1 aliphatic carbocycles. The number of ether oxygens (including phenoxy) is 2. The highest BCUT2D eigenvalue weighted by atomic mass is 35.5. The highest BCUT2D eigenvalue weighted by Gasteiger charge is 2.30. The normalized spacial score (nSPS) is 16.3. The lowest BCUT2D eigenvalue weighted by molar-refractivity contribution is 0.0979. The number of aromatic amines is 1. The van der Waals surface area contributed by atoms with Crippen LogP contribution in [0, 0.1) is 12.3 Å². The lowest BCUT2D eigenvalue weighted by atomic mass is 9.72. The van der Waals surface area contributed by atoms with E-state index in [1.54, 1.807) is 13.0 Å². The molecule has 1 aliphatic heterocycles. The molecule has 5 aromatic rings. The average Bonchev–Trinajstić information content (AvgIpc) is 3.68. The maximum Gasteiger partial charge on any atom is 0.268 e. The number of aryl methyl sites for hydroxylation is 1. The number of piperazine rings is 1. The van der Waals surface area contributed by atoms with Crippen LogP contribution in [0.2, 0.25) is 5.02 Å². The van der Waals surface area contributed by atoms with E-state index >= 15 is 0 Å². The molecule has 1 aromatic heterocycles. The molecule has 312 valence electrons. The number of nitrogens with one attached hydrogen (secondary N) is 2. The molecule has 0 spiro atoms. The van der Waals surface area contributed by atoms with Crippen LogP contribution in [-0.4, -0.2) is 84.0 Å². The predicted octanol–water partition coefficient (Wildman–Crippen LogP) is 8.64. The number of nitrogens with zero attached hydrogens (tertiary/aromatic N) is 2. The zero-order valence-corrected chi connectivity index (χ0v) is 36.3. The minimum absolute atomic E-state index is 0.0151. The highest BCUT2D eigenvalue weighted by molar-refractivity contribution is 7.90. The lowest BCUT2D eigenvalue weighted by Crippen LogP contribution is -2.47. The van der Waals surface area contributed by atoms with Crippen LogP contribution in [0.25, 0.3) is 16.5 Å². The molecule has 2 N–H and O–H groups in total. The number of sulfonamides is 1. The zero-order chi connectivity index (χ0) is 42.0. The van der Waals surface area contributed by atoms with E-state index in [1.165, 1.54) is 34.9 Å². The van der Waals surface area contributed by atoms with Crippen molar-refractivity contribution in [3.63, 3.8) is 0 Å². The quantitative estimate of drug-likeness (QED) is 0.105. The number of sulfone groups is 1. The molecule has 2 heterocycles. The maximum atomic E-state index is 13.9. The van der Waals surface area contributed by atoms with E-state index in [0.717, 1.165) is 79.9 Å². The van der Waals surface area contributed by atoms with Crippen LogP contribution >= 0.6 is 11.6 Å². The standard InChI is InChI=1S/C45H51ClN4O7S2/c1-31-27-36(14-16-41(31)56-25-6-26-58(4,52)53)59(54,55)48-44(51)38-15-13-35(28-43(38)57-42-8-5-7-40-37(42)18-20-47-40)50-23-21-49(22-24-50)30-33-17-19-45(2,3)29-39(33)32-9-11-34(46)12-10-32/h5,7-16,18,20,27-28,47H,6,17,19,21-26,29-30H2,1-4H3,(H,48,51). The van der Waals surface area contributed by atoms with Gasteiger partial charge in [-0.3, -0.25) is 9.69 Å². The van der Waals surface area contributed by atoms with E-state index < -0.39 is 25.8 Å². The van der Waals surface area contributed by atoms with Crippen LogP contribution in [0.3, 0.4) is 0 Å². The number of aromatic nitrogens is 1. The van der Waals surface area contributed by atoms with E-state index in [0.29, 0.717) is 23.5 Å².